The van der Waals surface area contributed by atoms with E-state index < -0.39 is 0 Å². The fourth-order valence-corrected chi connectivity index (χ4v) is 2.09. The summed E-state index contributed by atoms with van der Waals surface area (Å²) in [6.07, 6.45) is 11.2. The number of rotatable bonds is 8. The van der Waals surface area contributed by atoms with Gasteiger partial charge in [-0.05, 0) is 30.2 Å². The number of aromatic nitrogens is 2. The van der Waals surface area contributed by atoms with Crippen LogP contribution in [0.3, 0.4) is 0 Å². The standard InChI is InChI=1S/C18H22N2O3/c1-3-4-5-12-23-17-13-15(6-8-16(17)22-2)7-9-18(21)20-11-10-19-14-20/h6-11,13-14H,3-5,12H2,1-2H3. The zero-order valence-corrected chi connectivity index (χ0v) is 13.6. The highest BCUT2D eigenvalue weighted by Crippen LogP contribution is 2.28. The van der Waals surface area contributed by atoms with Crippen LogP contribution in [0, 0.1) is 0 Å². The Morgan fingerprint density at radius 3 is 2.87 bits per heavy atom. The number of carbonyl (C=O) groups excluding carboxylic acids is 1. The highest BCUT2D eigenvalue weighted by atomic mass is 16.5. The second kappa shape index (κ2) is 8.78. The topological polar surface area (TPSA) is 53.4 Å². The summed E-state index contributed by atoms with van der Waals surface area (Å²) in [7, 11) is 1.62. The number of benzene rings is 1. The van der Waals surface area contributed by atoms with Crippen LogP contribution in [0.1, 0.15) is 36.5 Å². The fourth-order valence-electron chi connectivity index (χ4n) is 2.09. The molecule has 1 aromatic carbocycles. The molecular weight excluding hydrogens is 292 g/mol. The normalized spacial score (nSPS) is 10.9. The lowest BCUT2D eigenvalue weighted by atomic mass is 10.2. The number of hydrogen-bond acceptors (Lipinski definition) is 4. The molecule has 1 aromatic heterocycles. The van der Waals surface area contributed by atoms with E-state index in [9.17, 15) is 4.79 Å². The number of unbranched alkanes of at least 4 members (excludes halogenated alkanes) is 2. The number of methoxy groups -OCH3 is 1. The molecule has 1 heterocycles. The largest absolute Gasteiger partial charge is 0.493 e. The minimum atomic E-state index is -0.149. The molecule has 0 saturated carbocycles. The van der Waals surface area contributed by atoms with Crippen molar-refractivity contribution in [2.45, 2.75) is 26.2 Å². The monoisotopic (exact) mass is 314 g/mol. The van der Waals surface area contributed by atoms with Crippen LogP contribution in [-0.4, -0.2) is 29.2 Å². The maximum Gasteiger partial charge on any atom is 0.255 e. The molecule has 0 atom stereocenters. The summed E-state index contributed by atoms with van der Waals surface area (Å²) >= 11 is 0. The van der Waals surface area contributed by atoms with Crippen molar-refractivity contribution in [2.24, 2.45) is 0 Å². The van der Waals surface area contributed by atoms with Gasteiger partial charge in [-0.25, -0.2) is 4.98 Å². The van der Waals surface area contributed by atoms with E-state index in [4.69, 9.17) is 9.47 Å². The van der Waals surface area contributed by atoms with Crippen LogP contribution in [0.15, 0.2) is 43.0 Å². The lowest BCUT2D eigenvalue weighted by molar-refractivity contribution is 0.0969. The van der Waals surface area contributed by atoms with Gasteiger partial charge in [-0.3, -0.25) is 9.36 Å². The first-order chi connectivity index (χ1) is 11.2. The lowest BCUT2D eigenvalue weighted by Gasteiger charge is -2.11. The number of ether oxygens (including phenoxy) is 2. The number of imidazole rings is 1. The quantitative estimate of drug-likeness (QED) is 0.549. The van der Waals surface area contributed by atoms with E-state index in [2.05, 4.69) is 11.9 Å². The van der Waals surface area contributed by atoms with Crippen molar-refractivity contribution in [3.8, 4) is 11.5 Å². The van der Waals surface area contributed by atoms with Gasteiger partial charge < -0.3 is 9.47 Å². The SMILES string of the molecule is CCCCCOc1cc(C=CC(=O)n2ccnc2)ccc1OC. The van der Waals surface area contributed by atoms with Crippen LogP contribution in [-0.2, 0) is 0 Å². The zero-order chi connectivity index (χ0) is 16.5. The lowest BCUT2D eigenvalue weighted by Crippen LogP contribution is -2.03. The van der Waals surface area contributed by atoms with Gasteiger partial charge in [0.1, 0.15) is 6.33 Å². The van der Waals surface area contributed by atoms with Crippen molar-refractivity contribution in [3.63, 3.8) is 0 Å². The molecule has 0 unspecified atom stereocenters. The molecule has 0 N–H and O–H groups in total. The predicted octanol–water partition coefficient (Wildman–Crippen LogP) is 3.81. The molecule has 122 valence electrons. The summed E-state index contributed by atoms with van der Waals surface area (Å²) in [6, 6.07) is 5.61. The summed E-state index contributed by atoms with van der Waals surface area (Å²) in [5.41, 5.74) is 0.879. The van der Waals surface area contributed by atoms with Crippen LogP contribution in [0.25, 0.3) is 6.08 Å². The molecule has 0 bridgehead atoms. The molecule has 2 rings (SSSR count). The summed E-state index contributed by atoms with van der Waals surface area (Å²) < 4.78 is 12.5. The molecule has 0 saturated heterocycles. The van der Waals surface area contributed by atoms with Crippen LogP contribution < -0.4 is 9.47 Å². The van der Waals surface area contributed by atoms with Crippen molar-refractivity contribution < 1.29 is 14.3 Å². The summed E-state index contributed by atoms with van der Waals surface area (Å²) in [5, 5.41) is 0. The van der Waals surface area contributed by atoms with Crippen LogP contribution >= 0.6 is 0 Å². The molecule has 2 aromatic rings. The van der Waals surface area contributed by atoms with Gasteiger partial charge in [-0.1, -0.05) is 25.8 Å². The maximum atomic E-state index is 11.9. The Bertz CT molecular complexity index is 648. The Balaban J connectivity index is 2.05. The van der Waals surface area contributed by atoms with E-state index in [0.29, 0.717) is 18.1 Å². The third-order valence-electron chi connectivity index (χ3n) is 3.37. The molecular formula is C18H22N2O3. The average molecular weight is 314 g/mol. The molecule has 0 aliphatic rings. The van der Waals surface area contributed by atoms with Gasteiger partial charge in [-0.2, -0.15) is 0 Å². The van der Waals surface area contributed by atoms with Gasteiger partial charge in [0.25, 0.3) is 5.91 Å². The van der Waals surface area contributed by atoms with Gasteiger partial charge in [0.15, 0.2) is 11.5 Å². The van der Waals surface area contributed by atoms with Gasteiger partial charge in [0.05, 0.1) is 13.7 Å². The average Bonchev–Trinajstić information content (AvgIpc) is 3.11. The number of nitrogens with zero attached hydrogens (tertiary/aromatic N) is 2. The Morgan fingerprint density at radius 2 is 2.17 bits per heavy atom. The summed E-state index contributed by atoms with van der Waals surface area (Å²) in [4.78, 5) is 15.8. The van der Waals surface area contributed by atoms with Crippen molar-refractivity contribution >= 4 is 12.0 Å². The first-order valence-electron chi connectivity index (χ1n) is 7.75. The molecule has 0 spiro atoms. The van der Waals surface area contributed by atoms with Gasteiger partial charge in [-0.15, -0.1) is 0 Å². The minimum Gasteiger partial charge on any atom is -0.493 e. The third-order valence-corrected chi connectivity index (χ3v) is 3.37. The highest BCUT2D eigenvalue weighted by molar-refractivity contribution is 5.93. The van der Waals surface area contributed by atoms with Crippen LogP contribution in [0.5, 0.6) is 11.5 Å². The summed E-state index contributed by atoms with van der Waals surface area (Å²) in [5.74, 6) is 1.24. The molecule has 0 aliphatic heterocycles. The smallest absolute Gasteiger partial charge is 0.255 e. The van der Waals surface area contributed by atoms with E-state index in [1.165, 1.54) is 17.0 Å². The Morgan fingerprint density at radius 1 is 1.30 bits per heavy atom. The van der Waals surface area contributed by atoms with E-state index in [0.717, 1.165) is 24.8 Å². The molecule has 0 fully saturated rings. The minimum absolute atomic E-state index is 0.149. The molecule has 23 heavy (non-hydrogen) atoms. The Kier molecular flexibility index (Phi) is 6.41. The molecule has 0 radical (unpaired) electrons. The summed E-state index contributed by atoms with van der Waals surface area (Å²) in [6.45, 7) is 2.81. The number of carbonyl (C=O) groups is 1. The van der Waals surface area contributed by atoms with E-state index in [1.54, 1.807) is 25.6 Å². The van der Waals surface area contributed by atoms with Gasteiger partial charge in [0.2, 0.25) is 0 Å². The molecule has 0 amide bonds. The van der Waals surface area contributed by atoms with Crippen molar-refractivity contribution in [1.29, 1.82) is 0 Å². The van der Waals surface area contributed by atoms with E-state index >= 15 is 0 Å². The van der Waals surface area contributed by atoms with Crippen molar-refractivity contribution in [2.75, 3.05) is 13.7 Å². The van der Waals surface area contributed by atoms with E-state index in [1.807, 2.05) is 18.2 Å². The van der Waals surface area contributed by atoms with Gasteiger partial charge in [0, 0.05) is 18.5 Å². The van der Waals surface area contributed by atoms with Gasteiger partial charge >= 0.3 is 0 Å². The first kappa shape index (κ1) is 16.8. The second-order valence-corrected chi connectivity index (χ2v) is 5.11. The number of hydrogen-bond donors (Lipinski definition) is 0. The molecule has 5 heteroatoms. The third kappa shape index (κ3) is 4.98. The first-order valence-corrected chi connectivity index (χ1v) is 7.75. The second-order valence-electron chi connectivity index (χ2n) is 5.11. The zero-order valence-electron chi connectivity index (χ0n) is 13.6. The predicted molar refractivity (Wildman–Crippen MR) is 89.9 cm³/mol. The highest BCUT2D eigenvalue weighted by Gasteiger charge is 2.05. The molecule has 5 nitrogen and oxygen atoms in total. The Hall–Kier alpha value is -2.56. The number of allylic oxidation sites excluding steroid dienone is 1. The fraction of sp³-hybridized carbons (Fsp3) is 0.333. The van der Waals surface area contributed by atoms with Crippen molar-refractivity contribution in [3.05, 3.63) is 48.6 Å². The van der Waals surface area contributed by atoms with E-state index in [-0.39, 0.29) is 5.91 Å². The van der Waals surface area contributed by atoms with Crippen LogP contribution in [0.2, 0.25) is 0 Å². The molecule has 0 aliphatic carbocycles. The van der Waals surface area contributed by atoms with Crippen LogP contribution in [0.4, 0.5) is 0 Å². The van der Waals surface area contributed by atoms with Crippen molar-refractivity contribution in [1.82, 2.24) is 9.55 Å². The Labute approximate surface area is 136 Å². The maximum absolute atomic E-state index is 11.9.